The summed E-state index contributed by atoms with van der Waals surface area (Å²) >= 11 is 0. The van der Waals surface area contributed by atoms with Crippen LogP contribution < -0.4 is 4.90 Å². The van der Waals surface area contributed by atoms with E-state index in [2.05, 4.69) is 266 Å². The molecule has 0 atom stereocenters. The first-order chi connectivity index (χ1) is 30.3. The Kier molecular flexibility index (Phi) is 10.4. The maximum absolute atomic E-state index is 2.48. The Hall–Kier alpha value is -8.00. The monoisotopic (exact) mass is 777 g/mol. The summed E-state index contributed by atoms with van der Waals surface area (Å²) in [6.07, 6.45) is 0. The largest absolute Gasteiger partial charge is 0.310 e. The van der Waals surface area contributed by atoms with Gasteiger partial charge in [0.05, 0.1) is 5.69 Å². The van der Waals surface area contributed by atoms with Crippen LogP contribution in [0.4, 0.5) is 17.1 Å². The third-order valence-electron chi connectivity index (χ3n) is 11.4. The summed E-state index contributed by atoms with van der Waals surface area (Å²) in [5.41, 5.74) is 19.6. The lowest BCUT2D eigenvalue weighted by molar-refractivity contribution is 1.28. The summed E-state index contributed by atoms with van der Waals surface area (Å²) in [6.45, 7) is 0. The molecule has 0 fully saturated rings. The van der Waals surface area contributed by atoms with Gasteiger partial charge in [-0.15, -0.1) is 0 Å². The Labute approximate surface area is 359 Å². The summed E-state index contributed by atoms with van der Waals surface area (Å²) in [5, 5.41) is 0. The summed E-state index contributed by atoms with van der Waals surface area (Å²) < 4.78 is 0. The highest BCUT2D eigenvalue weighted by Crippen LogP contribution is 2.48. The fourth-order valence-electron chi connectivity index (χ4n) is 8.53. The number of hydrogen-bond acceptors (Lipinski definition) is 1. The van der Waals surface area contributed by atoms with Crippen molar-refractivity contribution in [3.63, 3.8) is 0 Å². The predicted molar refractivity (Wildman–Crippen MR) is 259 cm³/mol. The van der Waals surface area contributed by atoms with Gasteiger partial charge in [-0.2, -0.15) is 0 Å². The van der Waals surface area contributed by atoms with Crippen LogP contribution in [-0.4, -0.2) is 0 Å². The smallest absolute Gasteiger partial charge is 0.0540 e. The first-order valence-electron chi connectivity index (χ1n) is 20.9. The highest BCUT2D eigenvalue weighted by molar-refractivity contribution is 5.98. The lowest BCUT2D eigenvalue weighted by atomic mass is 9.88. The zero-order chi connectivity index (χ0) is 40.8. The van der Waals surface area contributed by atoms with E-state index < -0.39 is 0 Å². The molecule has 0 bridgehead atoms. The Morgan fingerprint density at radius 2 is 0.443 bits per heavy atom. The van der Waals surface area contributed by atoms with Gasteiger partial charge in [-0.25, -0.2) is 0 Å². The van der Waals surface area contributed by atoms with Crippen molar-refractivity contribution < 1.29 is 0 Å². The first kappa shape index (κ1) is 37.3. The molecular formula is C60H43N. The van der Waals surface area contributed by atoms with Crippen LogP contribution in [-0.2, 0) is 0 Å². The van der Waals surface area contributed by atoms with Gasteiger partial charge in [0.15, 0.2) is 0 Å². The van der Waals surface area contributed by atoms with Crippen molar-refractivity contribution in [1.82, 2.24) is 0 Å². The van der Waals surface area contributed by atoms with E-state index in [4.69, 9.17) is 0 Å². The molecule has 0 amide bonds. The lowest BCUT2D eigenvalue weighted by Gasteiger charge is -2.30. The third kappa shape index (κ3) is 7.81. The molecular weight excluding hydrogens is 735 g/mol. The molecule has 288 valence electrons. The first-order valence-corrected chi connectivity index (χ1v) is 20.9. The van der Waals surface area contributed by atoms with E-state index in [0.29, 0.717) is 0 Å². The number of anilines is 3. The third-order valence-corrected chi connectivity index (χ3v) is 11.4. The molecule has 0 saturated heterocycles. The molecule has 0 spiro atoms. The average molecular weight is 778 g/mol. The molecule has 1 heteroatoms. The second kappa shape index (κ2) is 17.1. The van der Waals surface area contributed by atoms with Crippen LogP contribution >= 0.6 is 0 Å². The van der Waals surface area contributed by atoms with E-state index in [1.165, 1.54) is 44.5 Å². The number of nitrogens with zero attached hydrogens (tertiary/aromatic N) is 1. The molecule has 0 aliphatic rings. The lowest BCUT2D eigenvalue weighted by Crippen LogP contribution is -2.12. The molecule has 0 heterocycles. The van der Waals surface area contributed by atoms with Gasteiger partial charge in [0, 0.05) is 16.9 Å². The Morgan fingerprint density at radius 1 is 0.180 bits per heavy atom. The molecule has 10 aromatic carbocycles. The normalized spacial score (nSPS) is 11.0. The Balaban J connectivity index is 1.26. The van der Waals surface area contributed by atoms with Gasteiger partial charge < -0.3 is 4.90 Å². The quantitative estimate of drug-likeness (QED) is 0.134. The molecule has 0 aliphatic carbocycles. The molecule has 0 saturated carbocycles. The summed E-state index contributed by atoms with van der Waals surface area (Å²) in [7, 11) is 0. The minimum absolute atomic E-state index is 1.07. The van der Waals surface area contributed by atoms with E-state index in [9.17, 15) is 0 Å². The topological polar surface area (TPSA) is 3.24 Å². The zero-order valence-electron chi connectivity index (χ0n) is 33.8. The molecule has 0 aliphatic heterocycles. The van der Waals surface area contributed by atoms with E-state index in [-0.39, 0.29) is 0 Å². The number of rotatable bonds is 10. The maximum Gasteiger partial charge on any atom is 0.0540 e. The number of benzene rings is 10. The van der Waals surface area contributed by atoms with Crippen molar-refractivity contribution >= 4 is 17.1 Å². The van der Waals surface area contributed by atoms with Gasteiger partial charge in [-0.1, -0.05) is 218 Å². The highest BCUT2D eigenvalue weighted by Gasteiger charge is 2.23. The maximum atomic E-state index is 2.48. The minimum Gasteiger partial charge on any atom is -0.310 e. The van der Waals surface area contributed by atoms with Crippen LogP contribution in [0.25, 0.3) is 77.9 Å². The highest BCUT2D eigenvalue weighted by atomic mass is 15.1. The van der Waals surface area contributed by atoms with Crippen molar-refractivity contribution in [1.29, 1.82) is 0 Å². The van der Waals surface area contributed by atoms with Gasteiger partial charge in [0.1, 0.15) is 0 Å². The standard InChI is InChI=1S/C60H43N/c1-6-22-44(23-7-1)49-38-50(45-24-8-2-9-25-45)41-53(40-49)61(54-42-51(46-26-10-3-11-27-46)39-52(43-54)47-28-12-4-13-29-47)60-37-21-20-36-59(60)58-35-19-18-34-57(58)56-33-17-16-32-55(56)48-30-14-5-15-31-48/h1-43H. The predicted octanol–water partition coefficient (Wildman–Crippen LogP) is 16.8. The fraction of sp³-hybridized carbons (Fsp3) is 0. The van der Waals surface area contributed by atoms with Crippen LogP contribution in [0.2, 0.25) is 0 Å². The van der Waals surface area contributed by atoms with Crippen LogP contribution in [0.3, 0.4) is 0 Å². The van der Waals surface area contributed by atoms with Crippen molar-refractivity contribution in [3.05, 3.63) is 261 Å². The van der Waals surface area contributed by atoms with E-state index in [1.54, 1.807) is 0 Å². The molecule has 0 radical (unpaired) electrons. The molecule has 61 heavy (non-hydrogen) atoms. The van der Waals surface area contributed by atoms with Crippen molar-refractivity contribution in [2.24, 2.45) is 0 Å². The molecule has 0 aromatic heterocycles. The van der Waals surface area contributed by atoms with Crippen LogP contribution in [0.1, 0.15) is 0 Å². The molecule has 10 rings (SSSR count). The van der Waals surface area contributed by atoms with Crippen molar-refractivity contribution in [3.8, 4) is 77.9 Å². The minimum atomic E-state index is 1.07. The van der Waals surface area contributed by atoms with E-state index in [1.807, 2.05) is 0 Å². The van der Waals surface area contributed by atoms with Gasteiger partial charge in [0.2, 0.25) is 0 Å². The fourth-order valence-corrected chi connectivity index (χ4v) is 8.53. The Morgan fingerprint density at radius 3 is 0.820 bits per heavy atom. The van der Waals surface area contributed by atoms with E-state index in [0.717, 1.165) is 50.4 Å². The van der Waals surface area contributed by atoms with Gasteiger partial charge >= 0.3 is 0 Å². The SMILES string of the molecule is c1ccc(-c2cc(-c3ccccc3)cc(N(c3cc(-c4ccccc4)cc(-c4ccccc4)c3)c3ccccc3-c3ccccc3-c3ccccc3-c3ccccc3)c2)cc1. The number of para-hydroxylation sites is 1. The molecule has 10 aromatic rings. The summed E-state index contributed by atoms with van der Waals surface area (Å²) in [5.74, 6) is 0. The zero-order valence-corrected chi connectivity index (χ0v) is 33.8. The molecule has 1 nitrogen and oxygen atoms in total. The van der Waals surface area contributed by atoms with Crippen LogP contribution in [0.5, 0.6) is 0 Å². The van der Waals surface area contributed by atoms with Crippen LogP contribution in [0.15, 0.2) is 261 Å². The molecule has 0 unspecified atom stereocenters. The van der Waals surface area contributed by atoms with Crippen molar-refractivity contribution in [2.45, 2.75) is 0 Å². The number of hydrogen-bond donors (Lipinski definition) is 0. The average Bonchev–Trinajstić information content (AvgIpc) is 3.35. The second-order valence-corrected chi connectivity index (χ2v) is 15.3. The van der Waals surface area contributed by atoms with Gasteiger partial charge in [0.25, 0.3) is 0 Å². The van der Waals surface area contributed by atoms with Gasteiger partial charge in [-0.05, 0) is 115 Å². The Bertz CT molecular complexity index is 2810. The van der Waals surface area contributed by atoms with Crippen molar-refractivity contribution in [2.75, 3.05) is 4.90 Å². The summed E-state index contributed by atoms with van der Waals surface area (Å²) in [6, 6.07) is 94.3. The van der Waals surface area contributed by atoms with Gasteiger partial charge in [-0.3, -0.25) is 0 Å². The van der Waals surface area contributed by atoms with Crippen LogP contribution in [0, 0.1) is 0 Å². The summed E-state index contributed by atoms with van der Waals surface area (Å²) in [4.78, 5) is 2.48. The second-order valence-electron chi connectivity index (χ2n) is 15.3. The molecule has 0 N–H and O–H groups in total. The van der Waals surface area contributed by atoms with E-state index >= 15 is 0 Å².